The van der Waals surface area contributed by atoms with Gasteiger partial charge in [-0.05, 0) is 31.6 Å². The molecule has 1 aromatic carbocycles. The monoisotopic (exact) mass is 253 g/mol. The summed E-state index contributed by atoms with van der Waals surface area (Å²) in [6, 6.07) is 4.05. The number of hydrogen-bond acceptors (Lipinski definition) is 4. The van der Waals surface area contributed by atoms with Gasteiger partial charge in [-0.1, -0.05) is 0 Å². The van der Waals surface area contributed by atoms with Crippen molar-refractivity contribution in [3.8, 4) is 0 Å². The summed E-state index contributed by atoms with van der Waals surface area (Å²) in [6.45, 7) is 2.45. The zero-order chi connectivity index (χ0) is 13.1. The topological polar surface area (TPSA) is 58.4 Å². The second-order valence-electron chi connectivity index (χ2n) is 4.70. The van der Waals surface area contributed by atoms with Gasteiger partial charge in [0.1, 0.15) is 5.82 Å². The third-order valence-electron chi connectivity index (χ3n) is 3.14. The smallest absolute Gasteiger partial charge is 0.272 e. The molecule has 1 N–H and O–H groups in total. The van der Waals surface area contributed by atoms with Gasteiger partial charge in [-0.15, -0.1) is 0 Å². The van der Waals surface area contributed by atoms with E-state index < -0.39 is 10.7 Å². The highest BCUT2D eigenvalue weighted by atomic mass is 19.1. The van der Waals surface area contributed by atoms with Crippen molar-refractivity contribution in [2.75, 3.05) is 20.1 Å². The molecule has 0 aromatic heterocycles. The fourth-order valence-corrected chi connectivity index (χ4v) is 2.20. The van der Waals surface area contributed by atoms with Gasteiger partial charge in [-0.2, -0.15) is 0 Å². The summed E-state index contributed by atoms with van der Waals surface area (Å²) < 4.78 is 13.2. The van der Waals surface area contributed by atoms with Crippen LogP contribution in [0.4, 0.5) is 10.1 Å². The molecule has 1 unspecified atom stereocenters. The Labute approximate surface area is 105 Å². The predicted octanol–water partition coefficient (Wildman–Crippen LogP) is 1.53. The normalized spacial score (nSPS) is 20.2. The maximum atomic E-state index is 13.2. The van der Waals surface area contributed by atoms with E-state index in [2.05, 4.69) is 17.3 Å². The van der Waals surface area contributed by atoms with Crippen LogP contribution < -0.4 is 5.32 Å². The minimum Gasteiger partial charge on any atom is -0.309 e. The number of rotatable bonds is 4. The van der Waals surface area contributed by atoms with Gasteiger partial charge in [0.05, 0.1) is 11.0 Å². The molecule has 1 saturated heterocycles. The van der Waals surface area contributed by atoms with Crippen LogP contribution in [0, 0.1) is 15.9 Å². The number of halogens is 1. The lowest BCUT2D eigenvalue weighted by Crippen LogP contribution is -2.30. The van der Waals surface area contributed by atoms with Crippen molar-refractivity contribution in [1.82, 2.24) is 10.2 Å². The van der Waals surface area contributed by atoms with Crippen LogP contribution in [-0.4, -0.2) is 36.0 Å². The number of non-ortho nitro benzene ring substituents is 1. The van der Waals surface area contributed by atoms with Crippen LogP contribution >= 0.6 is 0 Å². The van der Waals surface area contributed by atoms with Crippen LogP contribution in [0.1, 0.15) is 12.0 Å². The minimum absolute atomic E-state index is 0.199. The number of nitro benzene ring substituents is 1. The lowest BCUT2D eigenvalue weighted by atomic mass is 10.1. The Morgan fingerprint density at radius 1 is 1.56 bits per heavy atom. The quantitative estimate of drug-likeness (QED) is 0.653. The first-order chi connectivity index (χ1) is 8.54. The molecule has 0 saturated carbocycles. The molecule has 0 radical (unpaired) electrons. The first kappa shape index (κ1) is 12.9. The van der Waals surface area contributed by atoms with E-state index in [1.54, 1.807) is 0 Å². The molecule has 0 spiro atoms. The third-order valence-corrected chi connectivity index (χ3v) is 3.14. The van der Waals surface area contributed by atoms with E-state index in [1.165, 1.54) is 12.1 Å². The average molecular weight is 253 g/mol. The van der Waals surface area contributed by atoms with Crippen molar-refractivity contribution in [3.63, 3.8) is 0 Å². The summed E-state index contributed by atoms with van der Waals surface area (Å²) in [5.41, 5.74) is 0.409. The first-order valence-corrected chi connectivity index (χ1v) is 5.90. The average Bonchev–Trinajstić information content (AvgIpc) is 2.72. The summed E-state index contributed by atoms with van der Waals surface area (Å²) in [7, 11) is 2.05. The Hall–Kier alpha value is -1.53. The fraction of sp³-hybridized carbons (Fsp3) is 0.500. The maximum Gasteiger partial charge on any atom is 0.272 e. The Kier molecular flexibility index (Phi) is 3.88. The van der Waals surface area contributed by atoms with Gasteiger partial charge in [-0.3, -0.25) is 10.1 Å². The van der Waals surface area contributed by atoms with Gasteiger partial charge in [0, 0.05) is 25.2 Å². The Morgan fingerprint density at radius 2 is 2.33 bits per heavy atom. The standard InChI is InChI=1S/C12H16FN3O2/c1-15-3-2-11(8-15)14-7-9-4-10(13)6-12(5-9)16(17)18/h4-6,11,14H,2-3,7-8H2,1H3. The van der Waals surface area contributed by atoms with Gasteiger partial charge >= 0.3 is 0 Å². The molecule has 0 amide bonds. The van der Waals surface area contributed by atoms with E-state index >= 15 is 0 Å². The molecule has 0 aliphatic carbocycles. The molecule has 1 fully saturated rings. The Bertz CT molecular complexity index is 453. The molecule has 1 aliphatic heterocycles. The zero-order valence-corrected chi connectivity index (χ0v) is 10.2. The number of benzene rings is 1. The number of hydrogen-bond donors (Lipinski definition) is 1. The molecular weight excluding hydrogens is 237 g/mol. The highest BCUT2D eigenvalue weighted by molar-refractivity contribution is 5.35. The van der Waals surface area contributed by atoms with Gasteiger partial charge < -0.3 is 10.2 Å². The highest BCUT2D eigenvalue weighted by Crippen LogP contribution is 2.16. The van der Waals surface area contributed by atoms with Crippen LogP contribution in [0.2, 0.25) is 0 Å². The molecule has 1 atom stereocenters. The second kappa shape index (κ2) is 5.41. The van der Waals surface area contributed by atoms with E-state index in [0.29, 0.717) is 18.2 Å². The van der Waals surface area contributed by atoms with Crippen molar-refractivity contribution in [3.05, 3.63) is 39.7 Å². The van der Waals surface area contributed by atoms with Crippen molar-refractivity contribution in [1.29, 1.82) is 0 Å². The van der Waals surface area contributed by atoms with E-state index in [4.69, 9.17) is 0 Å². The van der Waals surface area contributed by atoms with Crippen LogP contribution in [0.15, 0.2) is 18.2 Å². The molecule has 6 heteroatoms. The molecule has 2 rings (SSSR count). The lowest BCUT2D eigenvalue weighted by Gasteiger charge is -2.12. The maximum absolute atomic E-state index is 13.2. The van der Waals surface area contributed by atoms with E-state index in [-0.39, 0.29) is 5.69 Å². The lowest BCUT2D eigenvalue weighted by molar-refractivity contribution is -0.385. The van der Waals surface area contributed by atoms with Crippen molar-refractivity contribution < 1.29 is 9.31 Å². The largest absolute Gasteiger partial charge is 0.309 e. The molecule has 5 nitrogen and oxygen atoms in total. The highest BCUT2D eigenvalue weighted by Gasteiger charge is 2.19. The van der Waals surface area contributed by atoms with E-state index in [0.717, 1.165) is 25.6 Å². The number of nitrogens with zero attached hydrogens (tertiary/aromatic N) is 2. The van der Waals surface area contributed by atoms with Crippen LogP contribution in [0.3, 0.4) is 0 Å². The number of nitro groups is 1. The Balaban J connectivity index is 1.98. The molecule has 0 bridgehead atoms. The van der Waals surface area contributed by atoms with Crippen LogP contribution in [0.25, 0.3) is 0 Å². The summed E-state index contributed by atoms with van der Waals surface area (Å²) in [5, 5.41) is 13.9. The molecule has 98 valence electrons. The van der Waals surface area contributed by atoms with Crippen molar-refractivity contribution in [2.45, 2.75) is 19.0 Å². The fourth-order valence-electron chi connectivity index (χ4n) is 2.20. The summed E-state index contributed by atoms with van der Waals surface area (Å²) in [6.07, 6.45) is 1.05. The molecule has 18 heavy (non-hydrogen) atoms. The minimum atomic E-state index is -0.573. The molecule has 1 heterocycles. The molecular formula is C12H16FN3O2. The molecule has 1 aromatic rings. The summed E-state index contributed by atoms with van der Waals surface area (Å²) in [5.74, 6) is -0.565. The first-order valence-electron chi connectivity index (χ1n) is 5.90. The number of nitrogens with one attached hydrogen (secondary N) is 1. The van der Waals surface area contributed by atoms with Crippen LogP contribution in [0.5, 0.6) is 0 Å². The van der Waals surface area contributed by atoms with Crippen LogP contribution in [-0.2, 0) is 6.54 Å². The SMILES string of the molecule is CN1CCC(NCc2cc(F)cc([N+](=O)[O-])c2)C1. The van der Waals surface area contributed by atoms with Gasteiger partial charge in [0.2, 0.25) is 0 Å². The number of likely N-dealkylation sites (tertiary alicyclic amines) is 1. The van der Waals surface area contributed by atoms with E-state index in [9.17, 15) is 14.5 Å². The Morgan fingerprint density at radius 3 is 2.94 bits per heavy atom. The van der Waals surface area contributed by atoms with Crippen molar-refractivity contribution >= 4 is 5.69 Å². The van der Waals surface area contributed by atoms with E-state index in [1.807, 2.05) is 0 Å². The third kappa shape index (κ3) is 3.24. The summed E-state index contributed by atoms with van der Waals surface area (Å²) >= 11 is 0. The van der Waals surface area contributed by atoms with Gasteiger partial charge in [0.15, 0.2) is 0 Å². The van der Waals surface area contributed by atoms with Gasteiger partial charge in [0.25, 0.3) is 5.69 Å². The predicted molar refractivity (Wildman–Crippen MR) is 65.8 cm³/mol. The number of likely N-dealkylation sites (N-methyl/N-ethyl adjacent to an activating group) is 1. The van der Waals surface area contributed by atoms with Gasteiger partial charge in [-0.25, -0.2) is 4.39 Å². The summed E-state index contributed by atoms with van der Waals surface area (Å²) in [4.78, 5) is 12.3. The van der Waals surface area contributed by atoms with Crippen molar-refractivity contribution in [2.24, 2.45) is 0 Å². The molecule has 1 aliphatic rings. The zero-order valence-electron chi connectivity index (χ0n) is 10.2. The second-order valence-corrected chi connectivity index (χ2v) is 4.70.